The van der Waals surface area contributed by atoms with E-state index in [0.717, 1.165) is 0 Å². The van der Waals surface area contributed by atoms with Crippen LogP contribution in [0.25, 0.3) is 0 Å². The molecular weight excluding hydrogens is 203 g/mol. The maximum Gasteiger partial charge on any atom is 0.0992 e. The van der Waals surface area contributed by atoms with Gasteiger partial charge in [-0.15, -0.1) is 0 Å². The fraction of sp³-hybridized carbons (Fsp3) is 0. The summed E-state index contributed by atoms with van der Waals surface area (Å²) in [5.74, 6) is 0. The number of rotatable bonds is 0. The molecule has 0 saturated heterocycles. The molecular formula is C2H2AgCl2. The van der Waals surface area contributed by atoms with Gasteiger partial charge < -0.3 is 0 Å². The van der Waals surface area contributed by atoms with Gasteiger partial charge in [-0.25, -0.2) is 0 Å². The van der Waals surface area contributed by atoms with Crippen molar-refractivity contribution in [2.24, 2.45) is 0 Å². The van der Waals surface area contributed by atoms with Crippen LogP contribution in [0.2, 0.25) is 0 Å². The van der Waals surface area contributed by atoms with Crippen LogP contribution >= 0.6 is 23.2 Å². The van der Waals surface area contributed by atoms with Gasteiger partial charge in [0.05, 0.1) is 4.49 Å². The van der Waals surface area contributed by atoms with Gasteiger partial charge in [-0.3, -0.25) is 0 Å². The van der Waals surface area contributed by atoms with Crippen molar-refractivity contribution >= 4 is 23.2 Å². The Kier molecular flexibility index (Phi) is 9.53. The molecule has 0 aliphatic heterocycles. The quantitative estimate of drug-likeness (QED) is 0.530. The van der Waals surface area contributed by atoms with Crippen molar-refractivity contribution in [3.8, 4) is 0 Å². The van der Waals surface area contributed by atoms with E-state index in [1.165, 1.54) is 0 Å². The van der Waals surface area contributed by atoms with Gasteiger partial charge in [-0.1, -0.05) is 29.8 Å². The second kappa shape index (κ2) is 5.06. The van der Waals surface area contributed by atoms with Crippen LogP contribution in [-0.2, 0) is 22.4 Å². The molecule has 1 radical (unpaired) electrons. The molecule has 0 N–H and O–H groups in total. The molecule has 35 valence electrons. The van der Waals surface area contributed by atoms with E-state index in [0.29, 0.717) is 0 Å². The zero-order valence-electron chi connectivity index (χ0n) is 2.26. The Balaban J connectivity index is 0. The van der Waals surface area contributed by atoms with E-state index in [-0.39, 0.29) is 26.9 Å². The Labute approximate surface area is 56.7 Å². The minimum absolute atomic E-state index is 0. The molecule has 0 aromatic heterocycles. The SMILES string of the molecule is C=C(Cl)Cl.[Ag]. The first kappa shape index (κ1) is 9.41. The Morgan fingerprint density at radius 2 is 1.40 bits per heavy atom. The standard InChI is InChI=1S/C2H2Cl2.Ag/c1-2(3)4;/h1H2;. The van der Waals surface area contributed by atoms with Gasteiger partial charge in [-0.2, -0.15) is 0 Å². The Bertz CT molecular complexity index is 30.6. The molecule has 0 aliphatic carbocycles. The first-order valence-electron chi connectivity index (χ1n) is 0.732. The molecule has 0 bridgehead atoms. The molecule has 0 unspecified atom stereocenters. The summed E-state index contributed by atoms with van der Waals surface area (Å²) in [6.07, 6.45) is 0. The monoisotopic (exact) mass is 203 g/mol. The van der Waals surface area contributed by atoms with Crippen LogP contribution in [0.1, 0.15) is 0 Å². The Morgan fingerprint density at radius 3 is 1.40 bits per heavy atom. The minimum atomic E-state index is 0. The molecule has 0 spiro atoms. The smallest absolute Gasteiger partial charge is 0.0716 e. The zero-order valence-corrected chi connectivity index (χ0v) is 5.26. The summed E-state index contributed by atoms with van der Waals surface area (Å²) in [4.78, 5) is 0. The molecule has 0 fully saturated rings. The molecule has 0 aromatic carbocycles. The van der Waals surface area contributed by atoms with Gasteiger partial charge in [0.25, 0.3) is 0 Å². The molecule has 0 nitrogen and oxygen atoms in total. The second-order valence-corrected chi connectivity index (χ2v) is 1.44. The fourth-order valence-corrected chi connectivity index (χ4v) is 0. The van der Waals surface area contributed by atoms with Crippen molar-refractivity contribution in [3.05, 3.63) is 11.1 Å². The van der Waals surface area contributed by atoms with Gasteiger partial charge in [0, 0.05) is 22.4 Å². The second-order valence-electron chi connectivity index (χ2n) is 0.339. The van der Waals surface area contributed by atoms with Crippen LogP contribution in [-0.4, -0.2) is 0 Å². The third kappa shape index (κ3) is 42.2. The van der Waals surface area contributed by atoms with Crippen LogP contribution in [0.4, 0.5) is 0 Å². The summed E-state index contributed by atoms with van der Waals surface area (Å²) in [5, 5.41) is 0. The average Bonchev–Trinajstić information content (AvgIpc) is 0.811. The molecule has 3 heteroatoms. The van der Waals surface area contributed by atoms with Crippen LogP contribution in [0.5, 0.6) is 0 Å². The molecule has 0 aromatic rings. The first-order valence-corrected chi connectivity index (χ1v) is 1.49. The molecule has 0 heterocycles. The molecule has 0 saturated carbocycles. The van der Waals surface area contributed by atoms with Gasteiger partial charge in [0.1, 0.15) is 0 Å². The zero-order chi connectivity index (χ0) is 3.58. The van der Waals surface area contributed by atoms with Crippen LogP contribution < -0.4 is 0 Å². The van der Waals surface area contributed by atoms with Crippen molar-refractivity contribution < 1.29 is 22.4 Å². The van der Waals surface area contributed by atoms with E-state index < -0.39 is 0 Å². The van der Waals surface area contributed by atoms with Crippen LogP contribution in [0, 0.1) is 0 Å². The van der Waals surface area contributed by atoms with Crippen molar-refractivity contribution in [3.63, 3.8) is 0 Å². The first-order chi connectivity index (χ1) is 1.73. The topological polar surface area (TPSA) is 0 Å². The van der Waals surface area contributed by atoms with E-state index in [9.17, 15) is 0 Å². The summed E-state index contributed by atoms with van der Waals surface area (Å²) in [5.41, 5.74) is 0. The van der Waals surface area contributed by atoms with E-state index in [4.69, 9.17) is 23.2 Å². The van der Waals surface area contributed by atoms with E-state index >= 15 is 0 Å². The number of hydrogen-bond acceptors (Lipinski definition) is 0. The summed E-state index contributed by atoms with van der Waals surface area (Å²) in [6, 6.07) is 0. The summed E-state index contributed by atoms with van der Waals surface area (Å²) < 4.78 is 0.111. The number of halogens is 2. The van der Waals surface area contributed by atoms with E-state index in [2.05, 4.69) is 6.58 Å². The summed E-state index contributed by atoms with van der Waals surface area (Å²) >= 11 is 9.69. The van der Waals surface area contributed by atoms with Crippen LogP contribution in [0.15, 0.2) is 11.1 Å². The third-order valence-corrected chi connectivity index (χ3v) is 0. The van der Waals surface area contributed by atoms with Crippen molar-refractivity contribution in [1.82, 2.24) is 0 Å². The molecule has 0 amide bonds. The maximum absolute atomic E-state index is 4.85. The average molecular weight is 205 g/mol. The van der Waals surface area contributed by atoms with Gasteiger partial charge in [0.2, 0.25) is 0 Å². The molecule has 5 heavy (non-hydrogen) atoms. The summed E-state index contributed by atoms with van der Waals surface area (Å²) in [6.45, 7) is 3.09. The predicted molar refractivity (Wildman–Crippen MR) is 20.8 cm³/mol. The Morgan fingerprint density at radius 1 is 1.40 bits per heavy atom. The maximum atomic E-state index is 4.85. The van der Waals surface area contributed by atoms with Crippen molar-refractivity contribution in [2.75, 3.05) is 0 Å². The minimum Gasteiger partial charge on any atom is -0.0716 e. The van der Waals surface area contributed by atoms with Crippen molar-refractivity contribution in [1.29, 1.82) is 0 Å². The van der Waals surface area contributed by atoms with Crippen molar-refractivity contribution in [2.45, 2.75) is 0 Å². The largest absolute Gasteiger partial charge is 0.0992 e. The molecule has 0 atom stereocenters. The van der Waals surface area contributed by atoms with E-state index in [1.807, 2.05) is 0 Å². The Hall–Kier alpha value is 1.06. The summed E-state index contributed by atoms with van der Waals surface area (Å²) in [7, 11) is 0. The third-order valence-electron chi connectivity index (χ3n) is 0. The molecule has 0 rings (SSSR count). The van der Waals surface area contributed by atoms with Gasteiger partial charge in [0.15, 0.2) is 0 Å². The number of hydrogen-bond donors (Lipinski definition) is 0. The van der Waals surface area contributed by atoms with Crippen LogP contribution in [0.3, 0.4) is 0 Å². The predicted octanol–water partition coefficient (Wildman–Crippen LogP) is 1.93. The molecule has 0 aliphatic rings. The normalized spacial score (nSPS) is 5.20. The van der Waals surface area contributed by atoms with Gasteiger partial charge >= 0.3 is 0 Å². The van der Waals surface area contributed by atoms with E-state index in [1.54, 1.807) is 0 Å². The van der Waals surface area contributed by atoms with Gasteiger partial charge in [-0.05, 0) is 0 Å². The fourth-order valence-electron chi connectivity index (χ4n) is 0.